The van der Waals surface area contributed by atoms with Crippen molar-refractivity contribution in [3.05, 3.63) is 0 Å². The van der Waals surface area contributed by atoms with E-state index >= 15 is 0 Å². The molecule has 0 amide bonds. The summed E-state index contributed by atoms with van der Waals surface area (Å²) in [7, 11) is 2.22. The minimum absolute atomic E-state index is 0.883. The number of hydrogen-bond donors (Lipinski definition) is 2. The summed E-state index contributed by atoms with van der Waals surface area (Å²) in [6.07, 6.45) is 2.74. The van der Waals surface area contributed by atoms with Gasteiger partial charge in [-0.15, -0.1) is 0 Å². The maximum atomic E-state index is 3.62. The molecular weight excluding hydrogens is 174 g/mol. The molecule has 0 radical (unpaired) electrons. The summed E-state index contributed by atoms with van der Waals surface area (Å²) < 4.78 is 0. The van der Waals surface area contributed by atoms with Gasteiger partial charge in [0.2, 0.25) is 0 Å². The monoisotopic (exact) mass is 197 g/mol. The predicted octanol–water partition coefficient (Wildman–Crippen LogP) is 0.137. The van der Waals surface area contributed by atoms with Crippen molar-refractivity contribution in [3.8, 4) is 0 Å². The quantitative estimate of drug-likeness (QED) is 0.671. The minimum Gasteiger partial charge on any atom is -0.316 e. The lowest BCUT2D eigenvalue weighted by Gasteiger charge is -2.14. The Labute approximate surface area is 87.2 Å². The van der Waals surface area contributed by atoms with Crippen LogP contribution in [0.2, 0.25) is 0 Å². The van der Waals surface area contributed by atoms with Gasteiger partial charge in [0.25, 0.3) is 0 Å². The van der Waals surface area contributed by atoms with Gasteiger partial charge in [0.1, 0.15) is 0 Å². The van der Waals surface area contributed by atoms with E-state index in [1.54, 1.807) is 0 Å². The van der Waals surface area contributed by atoms with Crippen LogP contribution in [0.1, 0.15) is 12.8 Å². The summed E-state index contributed by atoms with van der Waals surface area (Å²) in [5.74, 6) is 1.78. The Morgan fingerprint density at radius 3 is 2.79 bits per heavy atom. The van der Waals surface area contributed by atoms with Crippen LogP contribution in [-0.4, -0.2) is 51.2 Å². The predicted molar refractivity (Wildman–Crippen MR) is 59.5 cm³/mol. The highest BCUT2D eigenvalue weighted by Crippen LogP contribution is 2.13. The molecule has 82 valence electrons. The van der Waals surface area contributed by atoms with Gasteiger partial charge in [0.05, 0.1) is 0 Å². The summed E-state index contributed by atoms with van der Waals surface area (Å²) >= 11 is 0. The van der Waals surface area contributed by atoms with E-state index in [1.807, 2.05) is 0 Å². The standard InChI is InChI=1S/C11H23N3/c1-14-5-3-11(9-14)8-13-7-10-2-4-12-6-10/h10-13H,2-9H2,1H3. The van der Waals surface area contributed by atoms with Gasteiger partial charge in [-0.3, -0.25) is 0 Å². The third-order valence-electron chi connectivity index (χ3n) is 3.52. The fraction of sp³-hybridized carbons (Fsp3) is 1.00. The Morgan fingerprint density at radius 1 is 1.29 bits per heavy atom. The van der Waals surface area contributed by atoms with Crippen LogP contribution in [0.15, 0.2) is 0 Å². The molecule has 0 aromatic heterocycles. The first-order chi connectivity index (χ1) is 6.84. The molecule has 2 unspecified atom stereocenters. The van der Waals surface area contributed by atoms with Crippen molar-refractivity contribution < 1.29 is 0 Å². The molecule has 2 heterocycles. The van der Waals surface area contributed by atoms with Gasteiger partial charge in [-0.25, -0.2) is 0 Å². The number of nitrogens with one attached hydrogen (secondary N) is 2. The Hall–Kier alpha value is -0.120. The van der Waals surface area contributed by atoms with E-state index in [0.29, 0.717) is 0 Å². The number of nitrogens with zero attached hydrogens (tertiary/aromatic N) is 1. The van der Waals surface area contributed by atoms with Crippen LogP contribution in [0.4, 0.5) is 0 Å². The van der Waals surface area contributed by atoms with Gasteiger partial charge in [0.15, 0.2) is 0 Å². The maximum Gasteiger partial charge on any atom is 0.00192 e. The lowest BCUT2D eigenvalue weighted by atomic mass is 10.1. The Morgan fingerprint density at radius 2 is 2.14 bits per heavy atom. The summed E-state index contributed by atoms with van der Waals surface area (Å²) in [6, 6.07) is 0. The third kappa shape index (κ3) is 2.94. The van der Waals surface area contributed by atoms with Gasteiger partial charge in [-0.1, -0.05) is 0 Å². The van der Waals surface area contributed by atoms with Gasteiger partial charge in [0, 0.05) is 6.54 Å². The summed E-state index contributed by atoms with van der Waals surface area (Å²) in [6.45, 7) is 7.46. The zero-order chi connectivity index (χ0) is 9.80. The van der Waals surface area contributed by atoms with Crippen molar-refractivity contribution in [2.45, 2.75) is 12.8 Å². The molecule has 2 atom stereocenters. The Bertz CT molecular complexity index is 166. The third-order valence-corrected chi connectivity index (χ3v) is 3.52. The zero-order valence-electron chi connectivity index (χ0n) is 9.26. The molecule has 3 nitrogen and oxygen atoms in total. The molecule has 2 saturated heterocycles. The van der Waals surface area contributed by atoms with E-state index in [-0.39, 0.29) is 0 Å². The second kappa shape index (κ2) is 5.10. The molecule has 0 aromatic carbocycles. The molecule has 3 heteroatoms. The van der Waals surface area contributed by atoms with E-state index in [0.717, 1.165) is 11.8 Å². The molecule has 2 rings (SSSR count). The van der Waals surface area contributed by atoms with E-state index in [1.165, 1.54) is 52.1 Å². The van der Waals surface area contributed by atoms with Crippen LogP contribution in [0.25, 0.3) is 0 Å². The molecule has 2 aliphatic heterocycles. The van der Waals surface area contributed by atoms with Gasteiger partial charge >= 0.3 is 0 Å². The molecule has 0 bridgehead atoms. The average Bonchev–Trinajstić information content (AvgIpc) is 2.77. The highest BCUT2D eigenvalue weighted by molar-refractivity contribution is 4.77. The van der Waals surface area contributed by atoms with Crippen LogP contribution < -0.4 is 10.6 Å². The van der Waals surface area contributed by atoms with Crippen molar-refractivity contribution in [1.82, 2.24) is 15.5 Å². The van der Waals surface area contributed by atoms with Crippen molar-refractivity contribution in [1.29, 1.82) is 0 Å². The first kappa shape index (κ1) is 10.4. The first-order valence-electron chi connectivity index (χ1n) is 5.94. The number of rotatable bonds is 4. The molecule has 0 aromatic rings. The summed E-state index contributed by atoms with van der Waals surface area (Å²) in [5, 5.41) is 7.03. The van der Waals surface area contributed by atoms with E-state index in [2.05, 4.69) is 22.6 Å². The Balaban J connectivity index is 1.54. The summed E-state index contributed by atoms with van der Waals surface area (Å²) in [5.41, 5.74) is 0. The highest BCUT2D eigenvalue weighted by atomic mass is 15.1. The maximum absolute atomic E-state index is 3.62. The molecule has 2 N–H and O–H groups in total. The second-order valence-corrected chi connectivity index (χ2v) is 4.93. The molecule has 2 fully saturated rings. The van der Waals surface area contributed by atoms with Crippen molar-refractivity contribution in [3.63, 3.8) is 0 Å². The van der Waals surface area contributed by atoms with Crippen molar-refractivity contribution >= 4 is 0 Å². The zero-order valence-corrected chi connectivity index (χ0v) is 9.26. The van der Waals surface area contributed by atoms with Crippen LogP contribution >= 0.6 is 0 Å². The molecule has 0 aliphatic carbocycles. The lowest BCUT2D eigenvalue weighted by molar-refractivity contribution is 0.383. The van der Waals surface area contributed by atoms with E-state index in [9.17, 15) is 0 Å². The fourth-order valence-corrected chi connectivity index (χ4v) is 2.57. The molecule has 2 aliphatic rings. The normalized spacial score (nSPS) is 34.1. The lowest BCUT2D eigenvalue weighted by Crippen LogP contribution is -2.30. The van der Waals surface area contributed by atoms with Crippen LogP contribution in [-0.2, 0) is 0 Å². The molecule has 14 heavy (non-hydrogen) atoms. The largest absolute Gasteiger partial charge is 0.316 e. The SMILES string of the molecule is CN1CCC(CNCC2CCNC2)C1. The van der Waals surface area contributed by atoms with Crippen LogP contribution in [0, 0.1) is 11.8 Å². The molecular formula is C11H23N3. The van der Waals surface area contributed by atoms with Crippen molar-refractivity contribution in [2.24, 2.45) is 11.8 Å². The second-order valence-electron chi connectivity index (χ2n) is 4.93. The van der Waals surface area contributed by atoms with Gasteiger partial charge in [-0.05, 0) is 64.4 Å². The van der Waals surface area contributed by atoms with Crippen LogP contribution in [0.5, 0.6) is 0 Å². The first-order valence-corrected chi connectivity index (χ1v) is 5.94. The smallest absolute Gasteiger partial charge is 0.00192 e. The number of likely N-dealkylation sites (tertiary alicyclic amines) is 1. The Kier molecular flexibility index (Phi) is 3.79. The minimum atomic E-state index is 0.883. The van der Waals surface area contributed by atoms with Gasteiger partial charge < -0.3 is 15.5 Å². The van der Waals surface area contributed by atoms with E-state index in [4.69, 9.17) is 0 Å². The van der Waals surface area contributed by atoms with Gasteiger partial charge in [-0.2, -0.15) is 0 Å². The fourth-order valence-electron chi connectivity index (χ4n) is 2.57. The number of hydrogen-bond acceptors (Lipinski definition) is 3. The van der Waals surface area contributed by atoms with Crippen molar-refractivity contribution in [2.75, 3.05) is 46.3 Å². The molecule has 0 saturated carbocycles. The van der Waals surface area contributed by atoms with Crippen LogP contribution in [0.3, 0.4) is 0 Å². The highest BCUT2D eigenvalue weighted by Gasteiger charge is 2.19. The summed E-state index contributed by atoms with van der Waals surface area (Å²) in [4.78, 5) is 2.43. The van der Waals surface area contributed by atoms with E-state index < -0.39 is 0 Å². The average molecular weight is 197 g/mol. The topological polar surface area (TPSA) is 27.3 Å². The molecule has 0 spiro atoms.